The maximum atomic E-state index is 6.99. The SMILES string of the molecule is COCCn1c(C)cc([C@@H]2[C@H](c3ccccn3)NC(=S)N2c2ccc(N3C[C@H](C)C[C@@H](C)C3)c(Cl)c2)c1C. The van der Waals surface area contributed by atoms with Gasteiger partial charge in [-0.2, -0.15) is 0 Å². The summed E-state index contributed by atoms with van der Waals surface area (Å²) in [5.74, 6) is 1.31. The van der Waals surface area contributed by atoms with Crippen LogP contribution in [0.5, 0.6) is 0 Å². The third kappa shape index (κ3) is 5.16. The number of pyridine rings is 1. The Kier molecular flexibility index (Phi) is 7.98. The van der Waals surface area contributed by atoms with Crippen LogP contribution in [0.2, 0.25) is 5.02 Å². The third-order valence-corrected chi connectivity index (χ3v) is 8.58. The van der Waals surface area contributed by atoms with Gasteiger partial charge in [-0.05, 0) is 86.3 Å². The lowest BCUT2D eigenvalue weighted by atomic mass is 9.91. The van der Waals surface area contributed by atoms with E-state index in [-0.39, 0.29) is 12.1 Å². The molecule has 0 unspecified atom stereocenters. The number of piperidine rings is 1. The summed E-state index contributed by atoms with van der Waals surface area (Å²) in [5.41, 5.74) is 6.68. The van der Waals surface area contributed by atoms with Gasteiger partial charge in [0, 0.05) is 50.0 Å². The molecular formula is C30H38ClN5OS. The Bertz CT molecular complexity index is 1290. The zero-order valence-electron chi connectivity index (χ0n) is 22.9. The predicted molar refractivity (Wildman–Crippen MR) is 160 cm³/mol. The lowest BCUT2D eigenvalue weighted by Gasteiger charge is -2.37. The molecule has 0 aliphatic carbocycles. The van der Waals surface area contributed by atoms with Crippen LogP contribution >= 0.6 is 23.8 Å². The first kappa shape index (κ1) is 27.0. The molecule has 1 N–H and O–H groups in total. The van der Waals surface area contributed by atoms with E-state index in [2.05, 4.69) is 77.7 Å². The molecule has 2 saturated heterocycles. The Balaban J connectivity index is 1.55. The van der Waals surface area contributed by atoms with Gasteiger partial charge >= 0.3 is 0 Å². The standard InChI is InChI=1S/C30H38ClN5OS/c1-19-14-20(2)18-34(17-19)27-10-9-23(16-25(27)31)36-29(24-15-21(3)35(22(24)4)12-13-37-5)28(33-30(36)38)26-8-6-7-11-32-26/h6-11,15-16,19-20,28-29H,12-14,17-18H2,1-5H3,(H,33,38)/t19-,20-,28+,29-/m1/s1. The Morgan fingerprint density at radius 3 is 2.53 bits per heavy atom. The van der Waals surface area contributed by atoms with Crippen LogP contribution in [0.3, 0.4) is 0 Å². The van der Waals surface area contributed by atoms with Crippen molar-refractivity contribution in [2.75, 3.05) is 36.6 Å². The zero-order valence-corrected chi connectivity index (χ0v) is 24.5. The molecule has 202 valence electrons. The van der Waals surface area contributed by atoms with Gasteiger partial charge in [0.1, 0.15) is 0 Å². The second-order valence-electron chi connectivity index (χ2n) is 11.0. The first-order valence-electron chi connectivity index (χ1n) is 13.5. The molecule has 2 fully saturated rings. The van der Waals surface area contributed by atoms with Gasteiger partial charge in [-0.1, -0.05) is 31.5 Å². The second kappa shape index (κ2) is 11.2. The fraction of sp³-hybridized carbons (Fsp3) is 0.467. The summed E-state index contributed by atoms with van der Waals surface area (Å²) in [6.45, 7) is 12.5. The highest BCUT2D eigenvalue weighted by molar-refractivity contribution is 7.80. The molecule has 6 nitrogen and oxygen atoms in total. The second-order valence-corrected chi connectivity index (χ2v) is 11.7. The number of thiocarbonyl (C=S) groups is 1. The molecule has 38 heavy (non-hydrogen) atoms. The lowest BCUT2D eigenvalue weighted by Crippen LogP contribution is -2.38. The summed E-state index contributed by atoms with van der Waals surface area (Å²) in [5, 5.41) is 5.02. The molecule has 0 spiro atoms. The van der Waals surface area contributed by atoms with Gasteiger partial charge in [0.05, 0.1) is 35.1 Å². The van der Waals surface area contributed by atoms with E-state index >= 15 is 0 Å². The zero-order chi connectivity index (χ0) is 27.0. The molecule has 8 heteroatoms. The smallest absolute Gasteiger partial charge is 0.174 e. The summed E-state index contributed by atoms with van der Waals surface area (Å²) >= 11 is 13.0. The van der Waals surface area contributed by atoms with E-state index in [9.17, 15) is 0 Å². The molecule has 4 heterocycles. The predicted octanol–water partition coefficient (Wildman–Crippen LogP) is 6.46. The van der Waals surface area contributed by atoms with E-state index in [1.54, 1.807) is 7.11 Å². The molecule has 0 bridgehead atoms. The van der Waals surface area contributed by atoms with Gasteiger partial charge in [-0.15, -0.1) is 0 Å². The number of hydrogen-bond acceptors (Lipinski definition) is 4. The van der Waals surface area contributed by atoms with E-state index in [4.69, 9.17) is 33.5 Å². The van der Waals surface area contributed by atoms with Crippen molar-refractivity contribution < 1.29 is 4.74 Å². The van der Waals surface area contributed by atoms with Crippen molar-refractivity contribution in [2.45, 2.75) is 52.7 Å². The number of rotatable bonds is 7. The Labute approximate surface area is 236 Å². The van der Waals surface area contributed by atoms with Gasteiger partial charge in [0.25, 0.3) is 0 Å². The summed E-state index contributed by atoms with van der Waals surface area (Å²) in [7, 11) is 1.74. The number of benzene rings is 1. The number of hydrogen-bond donors (Lipinski definition) is 1. The van der Waals surface area contributed by atoms with Crippen LogP contribution in [0, 0.1) is 25.7 Å². The first-order chi connectivity index (χ1) is 18.3. The first-order valence-corrected chi connectivity index (χ1v) is 14.3. The van der Waals surface area contributed by atoms with Crippen LogP contribution < -0.4 is 15.1 Å². The monoisotopic (exact) mass is 551 g/mol. The Morgan fingerprint density at radius 2 is 1.87 bits per heavy atom. The molecule has 5 rings (SSSR count). The molecular weight excluding hydrogens is 514 g/mol. The number of halogens is 1. The minimum atomic E-state index is -0.0951. The van der Waals surface area contributed by atoms with Crippen molar-refractivity contribution in [3.8, 4) is 0 Å². The van der Waals surface area contributed by atoms with Crippen LogP contribution in [-0.4, -0.2) is 41.5 Å². The Hall–Kier alpha value is -2.61. The van der Waals surface area contributed by atoms with Crippen molar-refractivity contribution >= 4 is 40.3 Å². The van der Waals surface area contributed by atoms with Gasteiger partial charge in [0.2, 0.25) is 0 Å². The number of aromatic nitrogens is 2. The number of ether oxygens (including phenoxy) is 1. The van der Waals surface area contributed by atoms with Crippen molar-refractivity contribution in [3.63, 3.8) is 0 Å². The molecule has 1 aromatic carbocycles. The van der Waals surface area contributed by atoms with Gasteiger partial charge in [-0.3, -0.25) is 4.98 Å². The lowest BCUT2D eigenvalue weighted by molar-refractivity contribution is 0.186. The van der Waals surface area contributed by atoms with E-state index in [1.165, 1.54) is 23.4 Å². The van der Waals surface area contributed by atoms with Crippen molar-refractivity contribution in [3.05, 3.63) is 76.3 Å². The number of nitrogens with one attached hydrogen (secondary N) is 1. The number of anilines is 2. The van der Waals surface area contributed by atoms with Gasteiger partial charge in [0.15, 0.2) is 5.11 Å². The topological polar surface area (TPSA) is 45.6 Å². The highest BCUT2D eigenvalue weighted by Crippen LogP contribution is 2.45. The van der Waals surface area contributed by atoms with Crippen molar-refractivity contribution in [1.82, 2.24) is 14.9 Å². The number of aryl methyl sites for hydroxylation is 1. The van der Waals surface area contributed by atoms with Gasteiger partial charge < -0.3 is 24.4 Å². The van der Waals surface area contributed by atoms with Crippen LogP contribution in [0.1, 0.15) is 55.0 Å². The Morgan fingerprint density at radius 1 is 1.11 bits per heavy atom. The average molecular weight is 552 g/mol. The summed E-state index contributed by atoms with van der Waals surface area (Å²) in [6.07, 6.45) is 3.10. The molecule has 0 saturated carbocycles. The average Bonchev–Trinajstić information content (AvgIpc) is 3.37. The summed E-state index contributed by atoms with van der Waals surface area (Å²) in [4.78, 5) is 9.36. The summed E-state index contributed by atoms with van der Waals surface area (Å²) in [6, 6.07) is 14.6. The summed E-state index contributed by atoms with van der Waals surface area (Å²) < 4.78 is 7.71. The van der Waals surface area contributed by atoms with Gasteiger partial charge in [-0.25, -0.2) is 0 Å². The van der Waals surface area contributed by atoms with E-state index in [0.29, 0.717) is 23.6 Å². The fourth-order valence-corrected chi connectivity index (χ4v) is 7.00. The van der Waals surface area contributed by atoms with Crippen molar-refractivity contribution in [2.24, 2.45) is 11.8 Å². The molecule has 2 aliphatic rings. The van der Waals surface area contributed by atoms with Crippen LogP contribution in [0.25, 0.3) is 0 Å². The minimum absolute atomic E-state index is 0.0724. The highest BCUT2D eigenvalue weighted by atomic mass is 35.5. The quantitative estimate of drug-likeness (QED) is 0.340. The molecule has 0 amide bonds. The largest absolute Gasteiger partial charge is 0.383 e. The fourth-order valence-electron chi connectivity index (χ4n) is 6.36. The molecule has 2 aliphatic heterocycles. The van der Waals surface area contributed by atoms with E-state index in [1.807, 2.05) is 18.3 Å². The maximum Gasteiger partial charge on any atom is 0.174 e. The highest BCUT2D eigenvalue weighted by Gasteiger charge is 2.42. The number of nitrogens with zero attached hydrogens (tertiary/aromatic N) is 4. The molecule has 4 atom stereocenters. The third-order valence-electron chi connectivity index (χ3n) is 7.97. The van der Waals surface area contributed by atoms with Crippen molar-refractivity contribution in [1.29, 1.82) is 0 Å². The molecule has 0 radical (unpaired) electrons. The van der Waals surface area contributed by atoms with Crippen LogP contribution in [0.15, 0.2) is 48.7 Å². The normalized spacial score (nSPS) is 23.7. The maximum absolute atomic E-state index is 6.99. The van der Waals surface area contributed by atoms with Crippen LogP contribution in [0.4, 0.5) is 11.4 Å². The molecule has 3 aromatic rings. The number of methoxy groups -OCH3 is 1. The molecule has 2 aromatic heterocycles. The van der Waals surface area contributed by atoms with E-state index in [0.717, 1.165) is 41.7 Å². The minimum Gasteiger partial charge on any atom is -0.383 e. The van der Waals surface area contributed by atoms with E-state index < -0.39 is 0 Å². The van der Waals surface area contributed by atoms with Crippen LogP contribution in [-0.2, 0) is 11.3 Å².